The molecular weight excluding hydrogens is 286 g/mol. The minimum absolute atomic E-state index is 0.183. The molecular formula is C15H23N3O2S. The van der Waals surface area contributed by atoms with E-state index in [2.05, 4.69) is 15.3 Å². The van der Waals surface area contributed by atoms with E-state index in [-0.39, 0.29) is 12.0 Å². The molecule has 6 heteroatoms. The van der Waals surface area contributed by atoms with Crippen molar-refractivity contribution in [3.05, 3.63) is 16.1 Å². The van der Waals surface area contributed by atoms with Gasteiger partial charge in [-0.1, -0.05) is 0 Å². The molecule has 2 saturated heterocycles. The second-order valence-corrected chi connectivity index (χ2v) is 6.88. The standard InChI is InChI=1S/C15H23N3O2S/c1-12-16-13(11-21-12)10-17-5-3-6-18(8-7-17)15(19)14-4-2-9-20-14/h11,14H,2-10H2,1H3/t14-/m1/s1. The molecule has 0 unspecified atom stereocenters. The Balaban J connectivity index is 1.52. The summed E-state index contributed by atoms with van der Waals surface area (Å²) < 4.78 is 5.52. The van der Waals surface area contributed by atoms with Crippen LogP contribution in [0.5, 0.6) is 0 Å². The molecule has 1 aromatic rings. The van der Waals surface area contributed by atoms with Gasteiger partial charge in [0.1, 0.15) is 6.10 Å². The third-order valence-corrected chi connectivity index (χ3v) is 4.98. The lowest BCUT2D eigenvalue weighted by atomic mass is 10.2. The van der Waals surface area contributed by atoms with Crippen molar-refractivity contribution in [2.24, 2.45) is 0 Å². The SMILES string of the molecule is Cc1nc(CN2CCCN(C(=O)[C@H]3CCCO3)CC2)cs1. The number of amides is 1. The molecule has 0 bridgehead atoms. The van der Waals surface area contributed by atoms with Gasteiger partial charge in [-0.25, -0.2) is 4.98 Å². The number of aromatic nitrogens is 1. The van der Waals surface area contributed by atoms with E-state index in [1.54, 1.807) is 11.3 Å². The summed E-state index contributed by atoms with van der Waals surface area (Å²) in [5.41, 5.74) is 1.15. The zero-order valence-electron chi connectivity index (χ0n) is 12.6. The highest BCUT2D eigenvalue weighted by Gasteiger charge is 2.29. The fourth-order valence-electron chi connectivity index (χ4n) is 3.04. The summed E-state index contributed by atoms with van der Waals surface area (Å²) in [7, 11) is 0. The fourth-order valence-corrected chi connectivity index (χ4v) is 3.64. The molecule has 0 saturated carbocycles. The van der Waals surface area contributed by atoms with Gasteiger partial charge in [-0.15, -0.1) is 11.3 Å². The lowest BCUT2D eigenvalue weighted by molar-refractivity contribution is -0.140. The normalized spacial score (nSPS) is 24.2. The first-order valence-corrected chi connectivity index (χ1v) is 8.64. The predicted octanol–water partition coefficient (Wildman–Crippen LogP) is 1.66. The van der Waals surface area contributed by atoms with Crippen LogP contribution in [0.25, 0.3) is 0 Å². The maximum atomic E-state index is 12.4. The highest BCUT2D eigenvalue weighted by atomic mass is 32.1. The number of aryl methyl sites for hydroxylation is 1. The van der Waals surface area contributed by atoms with Gasteiger partial charge in [-0.05, 0) is 26.2 Å². The largest absolute Gasteiger partial charge is 0.368 e. The molecule has 0 N–H and O–H groups in total. The number of carbonyl (C=O) groups is 1. The van der Waals surface area contributed by atoms with Crippen LogP contribution in [0.1, 0.15) is 30.0 Å². The molecule has 1 atom stereocenters. The molecule has 0 aromatic carbocycles. The van der Waals surface area contributed by atoms with Gasteiger partial charge in [-0.3, -0.25) is 9.69 Å². The van der Waals surface area contributed by atoms with Crippen molar-refractivity contribution in [1.29, 1.82) is 0 Å². The third kappa shape index (κ3) is 3.81. The van der Waals surface area contributed by atoms with Gasteiger partial charge in [0, 0.05) is 44.7 Å². The van der Waals surface area contributed by atoms with Crippen LogP contribution in [-0.4, -0.2) is 59.6 Å². The molecule has 2 aliphatic rings. The topological polar surface area (TPSA) is 45.7 Å². The molecule has 3 heterocycles. The molecule has 5 nitrogen and oxygen atoms in total. The number of rotatable bonds is 3. The molecule has 1 aromatic heterocycles. The van der Waals surface area contributed by atoms with E-state index in [4.69, 9.17) is 4.74 Å². The third-order valence-electron chi connectivity index (χ3n) is 4.16. The van der Waals surface area contributed by atoms with Crippen LogP contribution < -0.4 is 0 Å². The first-order valence-electron chi connectivity index (χ1n) is 7.76. The number of ether oxygens (including phenoxy) is 1. The Bertz CT molecular complexity index is 485. The molecule has 21 heavy (non-hydrogen) atoms. The Hall–Kier alpha value is -0.980. The van der Waals surface area contributed by atoms with E-state index in [0.717, 1.165) is 69.3 Å². The Morgan fingerprint density at radius 1 is 1.38 bits per heavy atom. The number of hydrogen-bond acceptors (Lipinski definition) is 5. The first-order chi connectivity index (χ1) is 10.2. The van der Waals surface area contributed by atoms with E-state index in [1.165, 1.54) is 0 Å². The van der Waals surface area contributed by atoms with Crippen LogP contribution in [0.3, 0.4) is 0 Å². The number of nitrogens with zero attached hydrogens (tertiary/aromatic N) is 3. The molecule has 1 amide bonds. The molecule has 0 aliphatic carbocycles. The Morgan fingerprint density at radius 3 is 3.00 bits per heavy atom. The van der Waals surface area contributed by atoms with Crippen LogP contribution in [0.4, 0.5) is 0 Å². The average Bonchev–Trinajstić information content (AvgIpc) is 3.08. The smallest absolute Gasteiger partial charge is 0.251 e. The lowest BCUT2D eigenvalue weighted by Gasteiger charge is -2.24. The summed E-state index contributed by atoms with van der Waals surface area (Å²) in [5, 5.41) is 3.25. The van der Waals surface area contributed by atoms with Gasteiger partial charge < -0.3 is 9.64 Å². The summed E-state index contributed by atoms with van der Waals surface area (Å²) in [5.74, 6) is 0.193. The van der Waals surface area contributed by atoms with Crippen molar-refractivity contribution in [2.45, 2.75) is 38.8 Å². The summed E-state index contributed by atoms with van der Waals surface area (Å²) in [4.78, 5) is 21.3. The maximum Gasteiger partial charge on any atom is 0.251 e. The summed E-state index contributed by atoms with van der Waals surface area (Å²) in [6, 6.07) is 0. The van der Waals surface area contributed by atoms with Crippen LogP contribution in [0.2, 0.25) is 0 Å². The summed E-state index contributed by atoms with van der Waals surface area (Å²) in [6.07, 6.45) is 2.75. The predicted molar refractivity (Wildman–Crippen MR) is 82.3 cm³/mol. The van der Waals surface area contributed by atoms with Gasteiger partial charge in [0.25, 0.3) is 5.91 Å². The Labute approximate surface area is 129 Å². The minimum Gasteiger partial charge on any atom is -0.368 e. The van der Waals surface area contributed by atoms with Gasteiger partial charge in [0.05, 0.1) is 10.7 Å². The first kappa shape index (κ1) is 14.9. The highest BCUT2D eigenvalue weighted by Crippen LogP contribution is 2.17. The van der Waals surface area contributed by atoms with Crippen molar-refractivity contribution in [2.75, 3.05) is 32.8 Å². The van der Waals surface area contributed by atoms with Crippen LogP contribution >= 0.6 is 11.3 Å². The van der Waals surface area contributed by atoms with Crippen molar-refractivity contribution in [3.8, 4) is 0 Å². The molecule has 116 valence electrons. The maximum absolute atomic E-state index is 12.4. The van der Waals surface area contributed by atoms with Crippen molar-refractivity contribution in [3.63, 3.8) is 0 Å². The quantitative estimate of drug-likeness (QED) is 0.852. The van der Waals surface area contributed by atoms with E-state index in [9.17, 15) is 4.79 Å². The minimum atomic E-state index is -0.183. The van der Waals surface area contributed by atoms with E-state index < -0.39 is 0 Å². The lowest BCUT2D eigenvalue weighted by Crippen LogP contribution is -2.41. The zero-order chi connectivity index (χ0) is 14.7. The van der Waals surface area contributed by atoms with Crippen molar-refractivity contribution in [1.82, 2.24) is 14.8 Å². The fraction of sp³-hybridized carbons (Fsp3) is 0.733. The summed E-state index contributed by atoms with van der Waals surface area (Å²) in [6.45, 7) is 7.29. The van der Waals surface area contributed by atoms with Gasteiger partial charge in [-0.2, -0.15) is 0 Å². The van der Waals surface area contributed by atoms with E-state index in [0.29, 0.717) is 0 Å². The van der Waals surface area contributed by atoms with Gasteiger partial charge in [0.2, 0.25) is 0 Å². The molecule has 0 spiro atoms. The number of hydrogen-bond donors (Lipinski definition) is 0. The Morgan fingerprint density at radius 2 is 2.29 bits per heavy atom. The van der Waals surface area contributed by atoms with Gasteiger partial charge >= 0.3 is 0 Å². The monoisotopic (exact) mass is 309 g/mol. The molecule has 3 rings (SSSR count). The number of thiazole rings is 1. The zero-order valence-corrected chi connectivity index (χ0v) is 13.4. The second kappa shape index (κ2) is 6.85. The highest BCUT2D eigenvalue weighted by molar-refractivity contribution is 7.09. The van der Waals surface area contributed by atoms with Crippen molar-refractivity contribution >= 4 is 17.2 Å². The van der Waals surface area contributed by atoms with E-state index in [1.807, 2.05) is 11.8 Å². The van der Waals surface area contributed by atoms with Crippen LogP contribution in [0.15, 0.2) is 5.38 Å². The van der Waals surface area contributed by atoms with Crippen molar-refractivity contribution < 1.29 is 9.53 Å². The summed E-state index contributed by atoms with van der Waals surface area (Å²) >= 11 is 1.70. The van der Waals surface area contributed by atoms with Crippen LogP contribution in [-0.2, 0) is 16.1 Å². The second-order valence-electron chi connectivity index (χ2n) is 5.81. The Kier molecular flexibility index (Phi) is 4.87. The van der Waals surface area contributed by atoms with Gasteiger partial charge in [0.15, 0.2) is 0 Å². The van der Waals surface area contributed by atoms with Crippen LogP contribution in [0, 0.1) is 6.92 Å². The molecule has 2 fully saturated rings. The van der Waals surface area contributed by atoms with E-state index >= 15 is 0 Å². The molecule has 2 aliphatic heterocycles. The number of carbonyl (C=O) groups excluding carboxylic acids is 1. The molecule has 0 radical (unpaired) electrons. The average molecular weight is 309 g/mol.